The Morgan fingerprint density at radius 1 is 1.19 bits per heavy atom. The Hall–Kier alpha value is -0.160. The Bertz CT molecular complexity index is 288. The first-order chi connectivity index (χ1) is 7.74. The van der Waals surface area contributed by atoms with Crippen molar-refractivity contribution in [2.24, 2.45) is 0 Å². The van der Waals surface area contributed by atoms with Crippen LogP contribution in [0.4, 0.5) is 0 Å². The summed E-state index contributed by atoms with van der Waals surface area (Å²) in [4.78, 5) is 0.887. The number of aliphatic hydroxyl groups excluding tert-OH is 1. The van der Waals surface area contributed by atoms with Crippen LogP contribution in [0.25, 0.3) is 0 Å². The highest BCUT2D eigenvalue weighted by atomic mass is 33.1. The second-order valence-corrected chi connectivity index (χ2v) is 6.85. The highest BCUT2D eigenvalue weighted by Gasteiger charge is 2.11. The van der Waals surface area contributed by atoms with Gasteiger partial charge in [-0.25, -0.2) is 0 Å². The summed E-state index contributed by atoms with van der Waals surface area (Å²) < 4.78 is 11.8. The lowest BCUT2D eigenvalue weighted by Crippen LogP contribution is -1.97. The lowest BCUT2D eigenvalue weighted by molar-refractivity contribution is 0.284. The Morgan fingerprint density at radius 3 is 2.50 bits per heavy atom. The van der Waals surface area contributed by atoms with Crippen LogP contribution in [0.2, 0.25) is 0 Å². The topological polar surface area (TPSA) is 43.3 Å². The van der Waals surface area contributed by atoms with E-state index in [4.69, 9.17) is 5.11 Å². The molecule has 0 heterocycles. The average molecular weight is 258 g/mol. The summed E-state index contributed by atoms with van der Waals surface area (Å²) in [5, 5.41) is 8.61. The molecule has 16 heavy (non-hydrogen) atoms. The first-order valence-electron chi connectivity index (χ1n) is 5.46. The number of unbranched alkanes of at least 4 members (excludes halogenated alkanes) is 2. The number of benzene rings is 1. The van der Waals surface area contributed by atoms with E-state index in [0.717, 1.165) is 29.9 Å². The number of hydrogen-bond acceptors (Lipinski definition) is 3. The van der Waals surface area contributed by atoms with Crippen molar-refractivity contribution in [2.75, 3.05) is 12.4 Å². The van der Waals surface area contributed by atoms with Crippen molar-refractivity contribution in [1.82, 2.24) is 0 Å². The Kier molecular flexibility index (Phi) is 6.96. The van der Waals surface area contributed by atoms with Gasteiger partial charge in [-0.05, 0) is 31.9 Å². The molecule has 0 aliphatic rings. The van der Waals surface area contributed by atoms with Crippen LogP contribution in [0.1, 0.15) is 24.8 Å². The zero-order valence-electron chi connectivity index (χ0n) is 9.52. The number of rotatable bonds is 7. The number of aliphatic hydroxyl groups is 1. The van der Waals surface area contributed by atoms with E-state index in [2.05, 4.69) is 0 Å². The standard InChI is InChI=1S/C12H18O2S2/c1-11-5-7-12(8-6-11)16(14)15-10-4-2-3-9-13/h5-8,13H,2-4,9-10H2,1H3. The minimum Gasteiger partial charge on any atom is -0.600 e. The van der Waals surface area contributed by atoms with E-state index in [1.54, 1.807) is 0 Å². The van der Waals surface area contributed by atoms with Crippen LogP contribution in [-0.2, 0) is 10.2 Å². The van der Waals surface area contributed by atoms with Crippen LogP contribution >= 0.6 is 10.8 Å². The van der Waals surface area contributed by atoms with E-state index in [0.29, 0.717) is 0 Å². The van der Waals surface area contributed by atoms with Crippen LogP contribution in [-0.4, -0.2) is 22.0 Å². The number of aryl methyl sites for hydroxylation is 1. The summed E-state index contributed by atoms with van der Waals surface area (Å²) in [7, 11) is 0.533. The molecule has 1 aromatic rings. The van der Waals surface area contributed by atoms with Gasteiger partial charge in [-0.15, -0.1) is 0 Å². The first-order valence-corrected chi connectivity index (χ1v) is 8.12. The molecule has 0 radical (unpaired) electrons. The Morgan fingerprint density at radius 2 is 1.88 bits per heavy atom. The first kappa shape index (κ1) is 13.9. The van der Waals surface area contributed by atoms with Crippen molar-refractivity contribution < 1.29 is 9.66 Å². The highest BCUT2D eigenvalue weighted by molar-refractivity contribution is 8.72. The van der Waals surface area contributed by atoms with Crippen LogP contribution in [0.15, 0.2) is 29.2 Å². The maximum atomic E-state index is 11.8. The van der Waals surface area contributed by atoms with Gasteiger partial charge in [0.1, 0.15) is 0 Å². The fraction of sp³-hybridized carbons (Fsp3) is 0.500. The summed E-state index contributed by atoms with van der Waals surface area (Å²) in [6.07, 6.45) is 2.87. The molecule has 0 aliphatic carbocycles. The largest absolute Gasteiger partial charge is 0.600 e. The van der Waals surface area contributed by atoms with Crippen molar-refractivity contribution in [2.45, 2.75) is 31.1 Å². The molecule has 1 unspecified atom stereocenters. The normalized spacial score (nSPS) is 12.7. The van der Waals surface area contributed by atoms with Gasteiger partial charge in [-0.1, -0.05) is 24.1 Å². The zero-order valence-corrected chi connectivity index (χ0v) is 11.1. The Labute approximate surface area is 104 Å². The molecule has 1 atom stereocenters. The SMILES string of the molecule is Cc1ccc([S+]([O-])SCCCCCO)cc1. The van der Waals surface area contributed by atoms with E-state index in [1.807, 2.05) is 31.2 Å². The van der Waals surface area contributed by atoms with Crippen LogP contribution in [0.5, 0.6) is 0 Å². The molecular formula is C12H18O2S2. The predicted molar refractivity (Wildman–Crippen MR) is 71.0 cm³/mol. The van der Waals surface area contributed by atoms with Gasteiger partial charge in [0, 0.05) is 12.4 Å². The predicted octanol–water partition coefficient (Wildman–Crippen LogP) is 2.91. The molecule has 0 saturated carbocycles. The van der Waals surface area contributed by atoms with Crippen molar-refractivity contribution >= 4 is 21.0 Å². The molecule has 0 bridgehead atoms. The maximum Gasteiger partial charge on any atom is 0.165 e. The molecule has 0 fully saturated rings. The van der Waals surface area contributed by atoms with E-state index in [-0.39, 0.29) is 6.61 Å². The van der Waals surface area contributed by atoms with Gasteiger partial charge in [0.15, 0.2) is 4.90 Å². The molecular weight excluding hydrogens is 240 g/mol. The minimum absolute atomic E-state index is 0.256. The molecule has 2 nitrogen and oxygen atoms in total. The van der Waals surface area contributed by atoms with Crippen molar-refractivity contribution in [1.29, 1.82) is 0 Å². The molecule has 4 heteroatoms. The highest BCUT2D eigenvalue weighted by Crippen LogP contribution is 2.24. The smallest absolute Gasteiger partial charge is 0.165 e. The van der Waals surface area contributed by atoms with Gasteiger partial charge in [-0.2, -0.15) is 0 Å². The lowest BCUT2D eigenvalue weighted by Gasteiger charge is -2.07. The monoisotopic (exact) mass is 258 g/mol. The van der Waals surface area contributed by atoms with E-state index in [9.17, 15) is 4.55 Å². The van der Waals surface area contributed by atoms with Gasteiger partial charge in [-0.3, -0.25) is 0 Å². The van der Waals surface area contributed by atoms with Crippen LogP contribution < -0.4 is 0 Å². The van der Waals surface area contributed by atoms with Crippen molar-refractivity contribution in [3.05, 3.63) is 29.8 Å². The maximum absolute atomic E-state index is 11.8. The summed E-state index contributed by atoms with van der Waals surface area (Å²) in [5.41, 5.74) is 1.19. The van der Waals surface area contributed by atoms with Gasteiger partial charge < -0.3 is 9.66 Å². The van der Waals surface area contributed by atoms with Gasteiger partial charge >= 0.3 is 0 Å². The summed E-state index contributed by atoms with van der Waals surface area (Å²) in [6, 6.07) is 7.82. The molecule has 1 N–H and O–H groups in total. The molecule has 0 aliphatic heterocycles. The second-order valence-electron chi connectivity index (χ2n) is 3.65. The van der Waals surface area contributed by atoms with Crippen molar-refractivity contribution in [3.8, 4) is 0 Å². The van der Waals surface area contributed by atoms with E-state index in [1.165, 1.54) is 16.4 Å². The summed E-state index contributed by atoms with van der Waals surface area (Å²) in [5.74, 6) is 0.889. The summed E-state index contributed by atoms with van der Waals surface area (Å²) in [6.45, 7) is 2.28. The minimum atomic E-state index is -0.943. The lowest BCUT2D eigenvalue weighted by atomic mass is 10.2. The molecule has 0 saturated heterocycles. The average Bonchev–Trinajstić information content (AvgIpc) is 2.29. The van der Waals surface area contributed by atoms with Gasteiger partial charge in [0.05, 0.1) is 21.0 Å². The third-order valence-corrected chi connectivity index (χ3v) is 5.25. The molecule has 0 spiro atoms. The zero-order chi connectivity index (χ0) is 11.8. The second kappa shape index (κ2) is 8.01. The van der Waals surface area contributed by atoms with Gasteiger partial charge in [0.2, 0.25) is 0 Å². The molecule has 90 valence electrons. The van der Waals surface area contributed by atoms with E-state index < -0.39 is 10.2 Å². The molecule has 1 rings (SSSR count). The van der Waals surface area contributed by atoms with E-state index >= 15 is 0 Å². The molecule has 0 amide bonds. The van der Waals surface area contributed by atoms with Crippen LogP contribution in [0, 0.1) is 6.92 Å². The third-order valence-electron chi connectivity index (χ3n) is 2.21. The number of hydrogen-bond donors (Lipinski definition) is 1. The summed E-state index contributed by atoms with van der Waals surface area (Å²) >= 11 is 0. The molecule has 1 aromatic carbocycles. The Balaban J connectivity index is 2.24. The van der Waals surface area contributed by atoms with Crippen molar-refractivity contribution in [3.63, 3.8) is 0 Å². The van der Waals surface area contributed by atoms with Gasteiger partial charge in [0.25, 0.3) is 0 Å². The molecule has 0 aromatic heterocycles. The fourth-order valence-corrected chi connectivity index (χ4v) is 3.76. The quantitative estimate of drug-likeness (QED) is 0.464. The fourth-order valence-electron chi connectivity index (χ4n) is 1.24. The third kappa shape index (κ3) is 5.25. The van der Waals surface area contributed by atoms with Crippen LogP contribution in [0.3, 0.4) is 0 Å².